The minimum absolute atomic E-state index is 0.262. The molecule has 9 heteroatoms. The maximum absolute atomic E-state index is 15.4. The van der Waals surface area contributed by atoms with Gasteiger partial charge in [-0.25, -0.2) is 13.3 Å². The first-order valence-electron chi connectivity index (χ1n) is 10.2. The van der Waals surface area contributed by atoms with Crippen molar-refractivity contribution in [1.82, 2.24) is 19.8 Å². The van der Waals surface area contributed by atoms with Crippen LogP contribution in [0.4, 0.5) is 20.3 Å². The Balaban J connectivity index is 1.58. The van der Waals surface area contributed by atoms with E-state index in [0.717, 1.165) is 22.0 Å². The molecule has 0 saturated heterocycles. The first-order chi connectivity index (χ1) is 14.9. The van der Waals surface area contributed by atoms with Gasteiger partial charge in [-0.3, -0.25) is 9.89 Å². The van der Waals surface area contributed by atoms with E-state index in [-0.39, 0.29) is 18.1 Å². The highest BCUT2D eigenvalue weighted by molar-refractivity contribution is 6.03. The van der Waals surface area contributed by atoms with E-state index in [0.29, 0.717) is 29.1 Å². The fraction of sp³-hybridized carbons (Fsp3) is 0.318. The zero-order chi connectivity index (χ0) is 21.9. The molecule has 1 aromatic carbocycles. The van der Waals surface area contributed by atoms with Crippen LogP contribution in [0, 0.1) is 18.7 Å². The molecular formula is C22H22F2N6O. The zero-order valence-electron chi connectivity index (χ0n) is 17.4. The lowest BCUT2D eigenvalue weighted by Crippen LogP contribution is -2.18. The van der Waals surface area contributed by atoms with Crippen molar-refractivity contribution in [2.75, 3.05) is 23.8 Å². The molecule has 1 saturated carbocycles. The molecule has 0 aliphatic heterocycles. The molecule has 2 N–H and O–H groups in total. The maximum atomic E-state index is 15.4. The molecule has 2 atom stereocenters. The van der Waals surface area contributed by atoms with E-state index < -0.39 is 12.1 Å². The third kappa shape index (κ3) is 3.11. The maximum Gasteiger partial charge on any atom is 0.231 e. The van der Waals surface area contributed by atoms with Crippen molar-refractivity contribution in [3.05, 3.63) is 42.0 Å². The molecule has 0 spiro atoms. The van der Waals surface area contributed by atoms with Crippen LogP contribution in [0.1, 0.15) is 18.9 Å². The lowest BCUT2D eigenvalue weighted by atomic mass is 9.95. The highest BCUT2D eigenvalue weighted by Gasteiger charge is 2.43. The second-order valence-corrected chi connectivity index (χ2v) is 8.00. The Morgan fingerprint density at radius 3 is 2.90 bits per heavy atom. The van der Waals surface area contributed by atoms with Gasteiger partial charge in [0.2, 0.25) is 5.91 Å². The van der Waals surface area contributed by atoms with Crippen LogP contribution in [0.25, 0.3) is 27.5 Å². The Labute approximate surface area is 177 Å². The Kier molecular flexibility index (Phi) is 4.42. The highest BCUT2D eigenvalue weighted by atomic mass is 19.1. The van der Waals surface area contributed by atoms with Gasteiger partial charge in [-0.1, -0.05) is 0 Å². The smallest absolute Gasteiger partial charge is 0.231 e. The predicted octanol–water partition coefficient (Wildman–Crippen LogP) is 4.08. The molecule has 1 aliphatic carbocycles. The van der Waals surface area contributed by atoms with E-state index in [1.165, 1.54) is 0 Å². The Hall–Kier alpha value is -3.49. The Bertz CT molecular complexity index is 1330. The predicted molar refractivity (Wildman–Crippen MR) is 116 cm³/mol. The molecule has 5 rings (SSSR count). The summed E-state index contributed by atoms with van der Waals surface area (Å²) in [5, 5.41) is 14.9. The molecule has 1 amide bonds. The molecule has 160 valence electrons. The van der Waals surface area contributed by atoms with E-state index in [4.69, 9.17) is 0 Å². The van der Waals surface area contributed by atoms with Gasteiger partial charge in [0.05, 0.1) is 28.8 Å². The zero-order valence-corrected chi connectivity index (χ0v) is 17.4. The third-order valence-corrected chi connectivity index (χ3v) is 5.97. The second-order valence-electron chi connectivity index (χ2n) is 8.00. The van der Waals surface area contributed by atoms with E-state index in [9.17, 15) is 9.18 Å². The van der Waals surface area contributed by atoms with Gasteiger partial charge in [-0.15, -0.1) is 0 Å². The summed E-state index contributed by atoms with van der Waals surface area (Å²) in [7, 11) is 1.85. The number of nitrogens with zero attached hydrogens (tertiary/aromatic N) is 4. The fourth-order valence-electron chi connectivity index (χ4n) is 4.01. The number of carbonyl (C=O) groups excluding carboxylic acids is 1. The molecule has 7 nitrogen and oxygen atoms in total. The number of amides is 1. The van der Waals surface area contributed by atoms with Gasteiger partial charge in [0.25, 0.3) is 0 Å². The number of carbonyl (C=O) groups is 1. The van der Waals surface area contributed by atoms with Gasteiger partial charge in [0.1, 0.15) is 6.17 Å². The van der Waals surface area contributed by atoms with Crippen molar-refractivity contribution < 1.29 is 13.6 Å². The van der Waals surface area contributed by atoms with Crippen LogP contribution >= 0.6 is 0 Å². The number of halogens is 2. The molecule has 31 heavy (non-hydrogen) atoms. The number of nitrogens with one attached hydrogen (secondary N) is 2. The third-order valence-electron chi connectivity index (χ3n) is 5.97. The normalized spacial score (nSPS) is 18.0. The van der Waals surface area contributed by atoms with Crippen LogP contribution in [0.5, 0.6) is 0 Å². The highest BCUT2D eigenvalue weighted by Crippen LogP contribution is 2.40. The average molecular weight is 424 g/mol. The van der Waals surface area contributed by atoms with Gasteiger partial charge in [0.15, 0.2) is 11.6 Å². The van der Waals surface area contributed by atoms with E-state index in [1.54, 1.807) is 29.9 Å². The molecular weight excluding hydrogens is 402 g/mol. The van der Waals surface area contributed by atoms with Crippen LogP contribution in [0.15, 0.2) is 30.6 Å². The summed E-state index contributed by atoms with van der Waals surface area (Å²) in [5.74, 6) is -0.870. The number of rotatable bonds is 5. The molecule has 1 aliphatic rings. The van der Waals surface area contributed by atoms with Crippen molar-refractivity contribution in [2.45, 2.75) is 26.4 Å². The molecule has 2 unspecified atom stereocenters. The number of H-pyrrole nitrogens is 1. The van der Waals surface area contributed by atoms with Gasteiger partial charge in [-0.05, 0) is 49.1 Å². The number of fused-ring (bicyclic) bond motifs is 2. The first kappa shape index (κ1) is 19.5. The molecule has 3 heterocycles. The quantitative estimate of drug-likeness (QED) is 0.506. The van der Waals surface area contributed by atoms with Crippen molar-refractivity contribution in [2.24, 2.45) is 5.92 Å². The lowest BCUT2D eigenvalue weighted by Gasteiger charge is -2.21. The van der Waals surface area contributed by atoms with E-state index in [1.807, 2.05) is 31.0 Å². The summed E-state index contributed by atoms with van der Waals surface area (Å²) in [6.45, 7) is 4.38. The van der Waals surface area contributed by atoms with Crippen molar-refractivity contribution in [1.29, 1.82) is 0 Å². The minimum Gasteiger partial charge on any atom is -0.371 e. The summed E-state index contributed by atoms with van der Waals surface area (Å²) >= 11 is 0. The summed E-state index contributed by atoms with van der Waals surface area (Å²) in [6, 6.07) is 5.45. The minimum atomic E-state index is -1.06. The van der Waals surface area contributed by atoms with E-state index >= 15 is 4.39 Å². The standard InChI is InChI=1S/C22H22F2N6O/c1-4-29(3)21-19(24)11(2)18(15-10-25-27-20(15)21)12-5-6-30-13(7-12)8-17(28-30)26-22(31)14-9-16(14)23/h5-8,10,14,16H,4,9H2,1-3H3,(H,25,27)(H,26,28,31). The van der Waals surface area contributed by atoms with Crippen LogP contribution in [-0.2, 0) is 4.79 Å². The number of alkyl halides is 1. The number of benzene rings is 1. The van der Waals surface area contributed by atoms with Gasteiger partial charge in [-0.2, -0.15) is 10.2 Å². The van der Waals surface area contributed by atoms with Crippen molar-refractivity contribution >= 4 is 33.8 Å². The SMILES string of the molecule is CCN(C)c1c(F)c(C)c(-c2ccn3nc(NC(=O)C4CC4F)cc3c2)c2cn[nH]c12. The van der Waals surface area contributed by atoms with Gasteiger partial charge < -0.3 is 10.2 Å². The molecule has 0 bridgehead atoms. The van der Waals surface area contributed by atoms with Crippen LogP contribution in [-0.4, -0.2) is 45.5 Å². The van der Waals surface area contributed by atoms with Crippen molar-refractivity contribution in [3.63, 3.8) is 0 Å². The van der Waals surface area contributed by atoms with Crippen LogP contribution in [0.3, 0.4) is 0 Å². The number of aromatic nitrogens is 4. The number of hydrogen-bond donors (Lipinski definition) is 2. The largest absolute Gasteiger partial charge is 0.371 e. The summed E-state index contributed by atoms with van der Waals surface area (Å²) < 4.78 is 30.1. The molecule has 1 fully saturated rings. The summed E-state index contributed by atoms with van der Waals surface area (Å²) in [6.07, 6.45) is 2.66. The number of aromatic amines is 1. The number of anilines is 2. The van der Waals surface area contributed by atoms with Gasteiger partial charge >= 0.3 is 0 Å². The van der Waals surface area contributed by atoms with Crippen LogP contribution < -0.4 is 10.2 Å². The molecule has 3 aromatic heterocycles. The Morgan fingerprint density at radius 1 is 1.42 bits per heavy atom. The first-order valence-corrected chi connectivity index (χ1v) is 10.2. The number of hydrogen-bond acceptors (Lipinski definition) is 4. The van der Waals surface area contributed by atoms with Gasteiger partial charge in [0, 0.05) is 31.2 Å². The topological polar surface area (TPSA) is 78.3 Å². The second kappa shape index (κ2) is 7.04. The molecule has 0 radical (unpaired) electrons. The van der Waals surface area contributed by atoms with Crippen LogP contribution in [0.2, 0.25) is 0 Å². The summed E-state index contributed by atoms with van der Waals surface area (Å²) in [5.41, 5.74) is 3.97. The number of pyridine rings is 1. The van der Waals surface area contributed by atoms with E-state index in [2.05, 4.69) is 20.6 Å². The molecule has 4 aromatic rings. The average Bonchev–Trinajstić information content (AvgIpc) is 3.12. The Morgan fingerprint density at radius 2 is 2.19 bits per heavy atom. The lowest BCUT2D eigenvalue weighted by molar-refractivity contribution is -0.117. The van der Waals surface area contributed by atoms with Crippen molar-refractivity contribution in [3.8, 4) is 11.1 Å². The summed E-state index contributed by atoms with van der Waals surface area (Å²) in [4.78, 5) is 13.9. The monoisotopic (exact) mass is 424 g/mol. The fourth-order valence-corrected chi connectivity index (χ4v) is 4.01.